The van der Waals surface area contributed by atoms with Crippen molar-refractivity contribution in [2.24, 2.45) is 11.8 Å². The average Bonchev–Trinajstić information content (AvgIpc) is 2.96. The van der Waals surface area contributed by atoms with Gasteiger partial charge in [-0.1, -0.05) is 0 Å². The van der Waals surface area contributed by atoms with Crippen LogP contribution >= 0.6 is 0 Å². The van der Waals surface area contributed by atoms with Crippen molar-refractivity contribution in [1.29, 1.82) is 0 Å². The number of nitrogens with zero attached hydrogens (tertiary/aromatic N) is 4. The maximum atomic E-state index is 13.1. The van der Waals surface area contributed by atoms with E-state index < -0.39 is 36.8 Å². The van der Waals surface area contributed by atoms with Crippen molar-refractivity contribution in [3.63, 3.8) is 0 Å². The highest BCUT2D eigenvalue weighted by molar-refractivity contribution is 5.62. The fraction of sp³-hybridized carbons (Fsp3) is 0.556. The highest BCUT2D eigenvalue weighted by Gasteiger charge is 2.57. The third-order valence-corrected chi connectivity index (χ3v) is 5.63. The van der Waals surface area contributed by atoms with Crippen molar-refractivity contribution >= 4 is 5.82 Å². The van der Waals surface area contributed by atoms with Gasteiger partial charge in [0.2, 0.25) is 0 Å². The SMILES string of the molecule is Nc1ncc(-c2cn(C3C4CN(CCF)CC43)c(CC(F)(F)F)n2)cc1C(F)(F)F. The molecule has 30 heavy (non-hydrogen) atoms. The molecule has 5 nitrogen and oxygen atoms in total. The Balaban J connectivity index is 1.66. The van der Waals surface area contributed by atoms with Gasteiger partial charge in [0.15, 0.2) is 0 Å². The summed E-state index contributed by atoms with van der Waals surface area (Å²) in [4.78, 5) is 9.42. The van der Waals surface area contributed by atoms with Gasteiger partial charge in [-0.05, 0) is 17.9 Å². The molecular formula is C18H18F7N5. The number of nitrogen functional groups attached to an aromatic ring is 1. The lowest BCUT2D eigenvalue weighted by Crippen LogP contribution is -2.27. The first-order valence-corrected chi connectivity index (χ1v) is 9.24. The molecule has 1 saturated heterocycles. The summed E-state index contributed by atoms with van der Waals surface area (Å²) in [5.41, 5.74) is 4.03. The number of rotatable bonds is 5. The summed E-state index contributed by atoms with van der Waals surface area (Å²) in [5, 5.41) is 0. The van der Waals surface area contributed by atoms with E-state index in [1.165, 1.54) is 10.8 Å². The van der Waals surface area contributed by atoms with E-state index in [4.69, 9.17) is 5.73 Å². The number of anilines is 1. The molecule has 12 heteroatoms. The molecule has 3 heterocycles. The maximum Gasteiger partial charge on any atom is 0.419 e. The second-order valence-corrected chi connectivity index (χ2v) is 7.66. The molecule has 2 aromatic heterocycles. The van der Waals surface area contributed by atoms with Crippen LogP contribution in [0.15, 0.2) is 18.5 Å². The number of halogens is 7. The van der Waals surface area contributed by atoms with Crippen LogP contribution in [0.2, 0.25) is 0 Å². The van der Waals surface area contributed by atoms with Crippen LogP contribution in [-0.2, 0) is 12.6 Å². The van der Waals surface area contributed by atoms with E-state index >= 15 is 0 Å². The first-order valence-electron chi connectivity index (χ1n) is 9.24. The monoisotopic (exact) mass is 437 g/mol. The first kappa shape index (κ1) is 20.9. The standard InChI is InChI=1S/C18H18F7N5/c19-1-2-29-6-10-11(7-29)15(10)30-8-13(28-14(30)4-17(20,21)22)9-3-12(18(23,24)25)16(26)27-5-9/h3,5,8,10-11,15H,1-2,4,6-7H2,(H2,26,27). The lowest BCUT2D eigenvalue weighted by Gasteiger charge is -2.19. The number of piperidine rings is 1. The summed E-state index contributed by atoms with van der Waals surface area (Å²) < 4.78 is 92.5. The second kappa shape index (κ2) is 7.10. The number of hydrogen-bond donors (Lipinski definition) is 1. The zero-order valence-electron chi connectivity index (χ0n) is 15.5. The molecule has 2 N–H and O–H groups in total. The fourth-order valence-corrected chi connectivity index (χ4v) is 4.28. The smallest absolute Gasteiger partial charge is 0.383 e. The Hall–Kier alpha value is -2.37. The number of aromatic nitrogens is 3. The summed E-state index contributed by atoms with van der Waals surface area (Å²) in [6.07, 6.45) is -8.17. The van der Waals surface area contributed by atoms with Crippen LogP contribution in [0.1, 0.15) is 17.4 Å². The Morgan fingerprint density at radius 2 is 1.77 bits per heavy atom. The van der Waals surface area contributed by atoms with Crippen LogP contribution in [0.3, 0.4) is 0 Å². The molecule has 164 valence electrons. The summed E-state index contributed by atoms with van der Waals surface area (Å²) in [5.74, 6) is -0.841. The molecule has 4 rings (SSSR count). The number of imidazole rings is 1. The Bertz CT molecular complexity index is 924. The quantitative estimate of drug-likeness (QED) is 0.725. The van der Waals surface area contributed by atoms with Crippen LogP contribution in [-0.4, -0.2) is 51.9 Å². The normalized spacial score (nSPS) is 24.3. The second-order valence-electron chi connectivity index (χ2n) is 7.66. The largest absolute Gasteiger partial charge is 0.419 e. The van der Waals surface area contributed by atoms with Gasteiger partial charge in [0, 0.05) is 43.6 Å². The molecule has 0 aromatic carbocycles. The zero-order chi connectivity index (χ0) is 21.8. The minimum atomic E-state index is -4.75. The Kier molecular flexibility index (Phi) is 4.94. The predicted octanol–water partition coefficient (Wildman–Crippen LogP) is 3.72. The van der Waals surface area contributed by atoms with Gasteiger partial charge < -0.3 is 15.2 Å². The Labute approximate surface area is 166 Å². The number of hydrogen-bond acceptors (Lipinski definition) is 4. The Morgan fingerprint density at radius 3 is 2.33 bits per heavy atom. The van der Waals surface area contributed by atoms with E-state index in [9.17, 15) is 30.7 Å². The minimum Gasteiger partial charge on any atom is -0.383 e. The molecule has 2 aliphatic rings. The van der Waals surface area contributed by atoms with Crippen LogP contribution in [0.4, 0.5) is 36.6 Å². The van der Waals surface area contributed by atoms with Crippen LogP contribution in [0.25, 0.3) is 11.3 Å². The van der Waals surface area contributed by atoms with E-state index in [-0.39, 0.29) is 41.5 Å². The number of likely N-dealkylation sites (tertiary alicyclic amines) is 1. The van der Waals surface area contributed by atoms with E-state index in [0.717, 1.165) is 12.3 Å². The number of fused-ring (bicyclic) bond motifs is 1. The van der Waals surface area contributed by atoms with E-state index in [0.29, 0.717) is 13.1 Å². The summed E-state index contributed by atoms with van der Waals surface area (Å²) in [6.45, 7) is 0.922. The van der Waals surface area contributed by atoms with Crippen LogP contribution < -0.4 is 5.73 Å². The minimum absolute atomic E-state index is 0.0298. The van der Waals surface area contributed by atoms with Gasteiger partial charge in [-0.15, -0.1) is 0 Å². The Morgan fingerprint density at radius 1 is 1.10 bits per heavy atom. The van der Waals surface area contributed by atoms with Gasteiger partial charge in [0.1, 0.15) is 24.7 Å². The molecule has 1 aliphatic heterocycles. The predicted molar refractivity (Wildman–Crippen MR) is 93.1 cm³/mol. The molecule has 2 unspecified atom stereocenters. The van der Waals surface area contributed by atoms with Gasteiger partial charge in [-0.3, -0.25) is 0 Å². The summed E-state index contributed by atoms with van der Waals surface area (Å²) in [7, 11) is 0. The van der Waals surface area contributed by atoms with E-state index in [1.807, 2.05) is 4.90 Å². The average molecular weight is 437 g/mol. The van der Waals surface area contributed by atoms with Crippen molar-refractivity contribution in [2.75, 3.05) is 32.0 Å². The topological polar surface area (TPSA) is 60.0 Å². The molecule has 1 aliphatic carbocycles. The number of nitrogens with two attached hydrogens (primary N) is 1. The van der Waals surface area contributed by atoms with Gasteiger partial charge in [-0.2, -0.15) is 26.3 Å². The summed E-state index contributed by atoms with van der Waals surface area (Å²) in [6, 6.07) is 0.506. The van der Waals surface area contributed by atoms with Gasteiger partial charge in [0.25, 0.3) is 0 Å². The lowest BCUT2D eigenvalue weighted by molar-refractivity contribution is -0.137. The van der Waals surface area contributed by atoms with Gasteiger partial charge >= 0.3 is 12.4 Å². The highest BCUT2D eigenvalue weighted by atomic mass is 19.4. The fourth-order valence-electron chi connectivity index (χ4n) is 4.28. The summed E-state index contributed by atoms with van der Waals surface area (Å²) >= 11 is 0. The highest BCUT2D eigenvalue weighted by Crippen LogP contribution is 2.56. The van der Waals surface area contributed by atoms with Crippen molar-refractivity contribution < 1.29 is 30.7 Å². The molecule has 2 fully saturated rings. The van der Waals surface area contributed by atoms with Crippen molar-refractivity contribution in [2.45, 2.75) is 24.8 Å². The lowest BCUT2D eigenvalue weighted by atomic mass is 10.1. The van der Waals surface area contributed by atoms with Crippen molar-refractivity contribution in [1.82, 2.24) is 19.4 Å². The third kappa shape index (κ3) is 3.96. The van der Waals surface area contributed by atoms with Crippen molar-refractivity contribution in [3.05, 3.63) is 29.8 Å². The molecule has 1 saturated carbocycles. The third-order valence-electron chi connectivity index (χ3n) is 5.63. The number of alkyl halides is 7. The maximum absolute atomic E-state index is 13.1. The molecule has 2 atom stereocenters. The van der Waals surface area contributed by atoms with Gasteiger partial charge in [0.05, 0.1) is 11.3 Å². The molecule has 2 aromatic rings. The molecule has 0 bridgehead atoms. The van der Waals surface area contributed by atoms with Crippen LogP contribution in [0, 0.1) is 11.8 Å². The van der Waals surface area contributed by atoms with E-state index in [1.54, 1.807) is 0 Å². The zero-order valence-corrected chi connectivity index (χ0v) is 15.5. The molecule has 0 amide bonds. The first-order chi connectivity index (χ1) is 14.0. The van der Waals surface area contributed by atoms with Gasteiger partial charge in [-0.25, -0.2) is 14.4 Å². The van der Waals surface area contributed by atoms with Crippen molar-refractivity contribution in [3.8, 4) is 11.3 Å². The van der Waals surface area contributed by atoms with E-state index in [2.05, 4.69) is 9.97 Å². The van der Waals surface area contributed by atoms with Crippen LogP contribution in [0.5, 0.6) is 0 Å². The molecule has 0 radical (unpaired) electrons. The molecule has 0 spiro atoms. The molecular weight excluding hydrogens is 419 g/mol. The number of pyridine rings is 1.